The smallest absolute Gasteiger partial charge is 0.336 e. The van der Waals surface area contributed by atoms with Gasteiger partial charge >= 0.3 is 5.97 Å². The first-order valence-electron chi connectivity index (χ1n) is 11.2. The minimum Gasteiger partial charge on any atom is -0.494 e. The molecule has 1 heterocycles. The molecule has 0 unspecified atom stereocenters. The van der Waals surface area contributed by atoms with Gasteiger partial charge in [0.2, 0.25) is 11.4 Å². The number of aliphatic imine (C=N–C) groups is 1. The minimum absolute atomic E-state index is 0.0409. The molecule has 0 spiro atoms. The summed E-state index contributed by atoms with van der Waals surface area (Å²) in [6.45, 7) is 0.420. The van der Waals surface area contributed by atoms with E-state index in [2.05, 4.69) is 30.9 Å². The van der Waals surface area contributed by atoms with Crippen molar-refractivity contribution < 1.29 is 24.5 Å². The van der Waals surface area contributed by atoms with Gasteiger partial charge < -0.3 is 19.7 Å². The van der Waals surface area contributed by atoms with E-state index in [0.29, 0.717) is 45.6 Å². The zero-order valence-corrected chi connectivity index (χ0v) is 20.7. The van der Waals surface area contributed by atoms with Gasteiger partial charge in [-0.05, 0) is 41.4 Å². The van der Waals surface area contributed by atoms with Crippen molar-refractivity contribution in [3.8, 4) is 5.75 Å². The lowest BCUT2D eigenvalue weighted by atomic mass is 9.82. The number of carboxylic acids is 1. The first kappa shape index (κ1) is 25.2. The van der Waals surface area contributed by atoms with Gasteiger partial charge in [0.25, 0.3) is 0 Å². The van der Waals surface area contributed by atoms with E-state index in [0.717, 1.165) is 0 Å². The molecule has 0 saturated carbocycles. The molecule has 0 saturated heterocycles. The molecule has 10 heteroatoms. The Labute approximate surface area is 215 Å². The maximum Gasteiger partial charge on any atom is 0.336 e. The van der Waals surface area contributed by atoms with Gasteiger partial charge in [-0.15, -0.1) is 0 Å². The summed E-state index contributed by atoms with van der Waals surface area (Å²) in [7, 11) is 0. The molecule has 0 amide bonds. The van der Waals surface area contributed by atoms with E-state index in [9.17, 15) is 9.90 Å². The molecular formula is C26H23BrN4O5. The van der Waals surface area contributed by atoms with Crippen molar-refractivity contribution in [2.45, 2.75) is 24.5 Å². The third-order valence-corrected chi connectivity index (χ3v) is 6.52. The Balaban J connectivity index is 1.78. The van der Waals surface area contributed by atoms with Crippen LogP contribution < -0.4 is 4.74 Å². The first-order valence-corrected chi connectivity index (χ1v) is 12.0. The third-order valence-electron chi connectivity index (χ3n) is 5.80. The van der Waals surface area contributed by atoms with E-state index in [1.54, 1.807) is 60.7 Å². The lowest BCUT2D eigenvalue weighted by Gasteiger charge is -2.29. The fourth-order valence-corrected chi connectivity index (χ4v) is 4.52. The Morgan fingerprint density at radius 3 is 2.56 bits per heavy atom. The predicted molar refractivity (Wildman–Crippen MR) is 137 cm³/mol. The van der Waals surface area contributed by atoms with E-state index in [1.807, 2.05) is 12.1 Å². The highest BCUT2D eigenvalue weighted by atomic mass is 79.9. The van der Waals surface area contributed by atoms with Gasteiger partial charge in [0.1, 0.15) is 5.75 Å². The highest BCUT2D eigenvalue weighted by molar-refractivity contribution is 9.10. The number of aliphatic hydroxyl groups is 1. The molecule has 2 N–H and O–H groups in total. The molecule has 184 valence electrons. The van der Waals surface area contributed by atoms with Crippen LogP contribution in [0.3, 0.4) is 0 Å². The van der Waals surface area contributed by atoms with Gasteiger partial charge in [-0.25, -0.2) is 9.79 Å². The lowest BCUT2D eigenvalue weighted by Crippen LogP contribution is -2.43. The lowest BCUT2D eigenvalue weighted by molar-refractivity contribution is -0.146. The van der Waals surface area contributed by atoms with Crippen LogP contribution >= 0.6 is 15.9 Å². The van der Waals surface area contributed by atoms with Crippen LogP contribution in [-0.2, 0) is 16.0 Å². The first-order chi connectivity index (χ1) is 17.5. The second-order valence-electron chi connectivity index (χ2n) is 8.11. The third kappa shape index (κ3) is 5.21. The Hall–Kier alpha value is -3.85. The number of benzene rings is 3. The van der Waals surface area contributed by atoms with Gasteiger partial charge in [-0.3, -0.25) is 0 Å². The van der Waals surface area contributed by atoms with Gasteiger partial charge in [-0.1, -0.05) is 63.5 Å². The largest absolute Gasteiger partial charge is 0.494 e. The highest BCUT2D eigenvalue weighted by Crippen LogP contribution is 2.45. The molecule has 36 heavy (non-hydrogen) atoms. The molecule has 2 atom stereocenters. The van der Waals surface area contributed by atoms with Gasteiger partial charge in [0.05, 0.1) is 6.61 Å². The summed E-state index contributed by atoms with van der Waals surface area (Å²) >= 11 is 3.52. The fraction of sp³-hybridized carbons (Fsp3) is 0.231. The van der Waals surface area contributed by atoms with Crippen molar-refractivity contribution in [3.63, 3.8) is 0 Å². The average Bonchev–Trinajstić information content (AvgIpc) is 3.27. The molecule has 1 aliphatic heterocycles. The number of aliphatic carboxylic acids is 1. The van der Waals surface area contributed by atoms with Gasteiger partial charge in [0.15, 0.2) is 6.10 Å². The topological polar surface area (TPSA) is 137 Å². The number of aliphatic hydroxyl groups excluding tert-OH is 1. The van der Waals surface area contributed by atoms with Crippen molar-refractivity contribution in [2.24, 2.45) is 10.1 Å². The van der Waals surface area contributed by atoms with Gasteiger partial charge in [-0.2, -0.15) is 0 Å². The summed E-state index contributed by atoms with van der Waals surface area (Å²) in [5.74, 6) is -0.375. The zero-order chi connectivity index (χ0) is 25.5. The monoisotopic (exact) mass is 550 g/mol. The Bertz CT molecular complexity index is 1320. The molecule has 9 nitrogen and oxygen atoms in total. The van der Waals surface area contributed by atoms with Crippen LogP contribution in [0, 0.1) is 0 Å². The molecule has 3 aromatic rings. The van der Waals surface area contributed by atoms with Crippen LogP contribution in [0.1, 0.15) is 29.2 Å². The van der Waals surface area contributed by atoms with Crippen molar-refractivity contribution in [3.05, 3.63) is 104 Å². The zero-order valence-electron chi connectivity index (χ0n) is 19.1. The molecule has 4 rings (SSSR count). The molecule has 3 aromatic carbocycles. The maximum atomic E-state index is 12.9. The Morgan fingerprint density at radius 1 is 1.14 bits per heavy atom. The number of rotatable bonds is 10. The second kappa shape index (κ2) is 11.3. The number of hydrogen-bond acceptors (Lipinski definition) is 6. The molecule has 0 radical (unpaired) electrons. The number of carboxylic acid groups (broad SMARTS) is 1. The van der Waals surface area contributed by atoms with Crippen molar-refractivity contribution in [1.29, 1.82) is 0 Å². The summed E-state index contributed by atoms with van der Waals surface area (Å²) in [4.78, 5) is 20.5. The van der Waals surface area contributed by atoms with Gasteiger partial charge in [0, 0.05) is 45.6 Å². The molecule has 0 fully saturated rings. The average molecular weight is 551 g/mol. The number of nitrogens with zero attached hydrogens (tertiary/aromatic N) is 4. The molecule has 0 aliphatic carbocycles. The summed E-state index contributed by atoms with van der Waals surface area (Å²) in [5.41, 5.74) is 9.35. The van der Waals surface area contributed by atoms with Crippen molar-refractivity contribution >= 4 is 33.5 Å². The number of ether oxygens (including phenoxy) is 2. The van der Waals surface area contributed by atoms with Crippen LogP contribution in [0.2, 0.25) is 0 Å². The summed E-state index contributed by atoms with van der Waals surface area (Å²) in [6, 6.07) is 21.0. The standard InChI is InChI=1S/C26H23BrN4O5/c27-21-8-3-2-7-20(21)23-26(25(33)34,16-18-6-1-4-9-22(18)30-31-28)29-24(36-23)17-10-12-19(13-11-17)35-15-5-14-32/h1-4,6-13,23,32H,5,14-16H2,(H,33,34)/t23-,26-/m1/s1. The van der Waals surface area contributed by atoms with Crippen LogP contribution in [0.25, 0.3) is 10.4 Å². The summed E-state index contributed by atoms with van der Waals surface area (Å²) in [6.07, 6.45) is -0.501. The van der Waals surface area contributed by atoms with E-state index in [-0.39, 0.29) is 18.9 Å². The van der Waals surface area contributed by atoms with E-state index in [1.165, 1.54) is 0 Å². The number of halogens is 1. The SMILES string of the molecule is [N-]=[N+]=Nc1ccccc1C[C@@]1(C(=O)O)N=C(c2ccc(OCCCO)cc2)O[C@@H]1c1ccccc1Br. The van der Waals surface area contributed by atoms with Crippen LogP contribution in [0.15, 0.2) is 87.4 Å². The predicted octanol–water partition coefficient (Wildman–Crippen LogP) is 5.74. The summed E-state index contributed by atoms with van der Waals surface area (Å²) < 4.78 is 12.5. The fourth-order valence-electron chi connectivity index (χ4n) is 4.03. The number of carbonyl (C=O) groups is 1. The van der Waals surface area contributed by atoms with E-state index >= 15 is 0 Å². The maximum absolute atomic E-state index is 12.9. The van der Waals surface area contributed by atoms with E-state index in [4.69, 9.17) is 20.1 Å². The number of hydrogen-bond donors (Lipinski definition) is 2. The Kier molecular flexibility index (Phi) is 7.90. The van der Waals surface area contributed by atoms with Crippen molar-refractivity contribution in [2.75, 3.05) is 13.2 Å². The quantitative estimate of drug-likeness (QED) is 0.143. The summed E-state index contributed by atoms with van der Waals surface area (Å²) in [5, 5.41) is 23.2. The highest BCUT2D eigenvalue weighted by Gasteiger charge is 2.54. The van der Waals surface area contributed by atoms with Crippen molar-refractivity contribution in [1.82, 2.24) is 0 Å². The molecule has 1 aliphatic rings. The molecular weight excluding hydrogens is 528 g/mol. The van der Waals surface area contributed by atoms with E-state index < -0.39 is 17.6 Å². The van der Waals surface area contributed by atoms with Crippen LogP contribution in [0.4, 0.5) is 5.69 Å². The second-order valence-corrected chi connectivity index (χ2v) is 8.97. The molecule has 0 bridgehead atoms. The minimum atomic E-state index is -1.73. The van der Waals surface area contributed by atoms with Crippen LogP contribution in [0.5, 0.6) is 5.75 Å². The number of azide groups is 1. The van der Waals surface area contributed by atoms with Crippen LogP contribution in [-0.4, -0.2) is 40.8 Å². The Morgan fingerprint density at radius 2 is 1.86 bits per heavy atom. The molecule has 0 aromatic heterocycles. The normalized spacial score (nSPS) is 18.6.